The lowest BCUT2D eigenvalue weighted by molar-refractivity contribution is -0.162. The molecule has 0 saturated heterocycles. The lowest BCUT2D eigenvalue weighted by Gasteiger charge is -2.25. The van der Waals surface area contributed by atoms with E-state index in [9.17, 15) is 9.59 Å². The van der Waals surface area contributed by atoms with Crippen molar-refractivity contribution in [3.05, 3.63) is 72.3 Å². The third kappa shape index (κ3) is 2.97. The maximum atomic E-state index is 12.8. The van der Waals surface area contributed by atoms with Gasteiger partial charge in [-0.25, -0.2) is 0 Å². The molecule has 0 spiro atoms. The molecule has 1 unspecified atom stereocenters. The smallest absolute Gasteiger partial charge is 0.324 e. The molecule has 0 aromatic heterocycles. The van der Waals surface area contributed by atoms with E-state index in [1.54, 1.807) is 7.11 Å². The minimum absolute atomic E-state index is 0.291. The molecule has 2 aromatic rings. The van der Waals surface area contributed by atoms with E-state index < -0.39 is 22.8 Å². The summed E-state index contributed by atoms with van der Waals surface area (Å²) in [6, 6.07) is 17.2. The molecule has 1 aliphatic rings. The number of rotatable bonds is 7. The van der Waals surface area contributed by atoms with E-state index in [1.165, 1.54) is 14.2 Å². The number of methoxy groups -OCH3 is 3. The van der Waals surface area contributed by atoms with E-state index in [2.05, 4.69) is 6.58 Å². The first-order valence-corrected chi connectivity index (χ1v) is 9.00. The largest absolute Gasteiger partial charge is 0.497 e. The molecule has 2 aromatic carbocycles. The van der Waals surface area contributed by atoms with Gasteiger partial charge in [-0.15, -0.1) is 0 Å². The molecule has 1 aliphatic carbocycles. The maximum Gasteiger partial charge on any atom is 0.324 e. The molecule has 3 rings (SSSR count). The number of ether oxygens (including phenoxy) is 3. The monoisotopic (exact) mass is 380 g/mol. The molecule has 1 atom stereocenters. The number of hydrogen-bond donors (Lipinski definition) is 0. The normalized spacial score (nSPS) is 19.4. The van der Waals surface area contributed by atoms with Gasteiger partial charge >= 0.3 is 11.9 Å². The van der Waals surface area contributed by atoms with E-state index in [4.69, 9.17) is 14.2 Å². The van der Waals surface area contributed by atoms with E-state index >= 15 is 0 Å². The maximum absolute atomic E-state index is 12.8. The zero-order valence-electron chi connectivity index (χ0n) is 16.4. The van der Waals surface area contributed by atoms with Crippen LogP contribution in [0.15, 0.2) is 61.2 Å². The van der Waals surface area contributed by atoms with Crippen LogP contribution in [0, 0.1) is 10.8 Å². The van der Waals surface area contributed by atoms with Gasteiger partial charge in [-0.05, 0) is 41.7 Å². The quantitative estimate of drug-likeness (QED) is 0.542. The van der Waals surface area contributed by atoms with E-state index in [-0.39, 0.29) is 0 Å². The highest BCUT2D eigenvalue weighted by molar-refractivity contribution is 6.08. The fourth-order valence-corrected chi connectivity index (χ4v) is 4.07. The molecule has 1 saturated carbocycles. The van der Waals surface area contributed by atoms with Gasteiger partial charge in [0.25, 0.3) is 0 Å². The fourth-order valence-electron chi connectivity index (χ4n) is 4.07. The lowest BCUT2D eigenvalue weighted by Crippen LogP contribution is -2.35. The van der Waals surface area contributed by atoms with Crippen LogP contribution in [0.25, 0.3) is 5.57 Å². The third-order valence-electron chi connectivity index (χ3n) is 5.69. The standard InChI is InChI=1S/C23H24O5/c1-16(18-10-12-19(26-2)13-11-18)22(14-17-8-6-5-7-9-17)15-23(22,20(24)27-3)21(25)28-4/h5-13H,1,14-15H2,2-4H3. The minimum atomic E-state index is -1.40. The predicted octanol–water partition coefficient (Wildman–Crippen LogP) is 3.67. The predicted molar refractivity (Wildman–Crippen MR) is 106 cm³/mol. The molecule has 28 heavy (non-hydrogen) atoms. The Kier molecular flexibility index (Phi) is 5.27. The van der Waals surface area contributed by atoms with Crippen molar-refractivity contribution >= 4 is 17.5 Å². The highest BCUT2D eigenvalue weighted by Gasteiger charge is 2.79. The molecule has 5 nitrogen and oxygen atoms in total. The van der Waals surface area contributed by atoms with Crippen molar-refractivity contribution in [2.75, 3.05) is 21.3 Å². The molecule has 0 bridgehead atoms. The van der Waals surface area contributed by atoms with Crippen LogP contribution in [0.4, 0.5) is 0 Å². The first kappa shape index (κ1) is 19.7. The fraction of sp³-hybridized carbons (Fsp3) is 0.304. The Morgan fingerprint density at radius 2 is 1.50 bits per heavy atom. The summed E-state index contributed by atoms with van der Waals surface area (Å²) in [6.07, 6.45) is 0.766. The average molecular weight is 380 g/mol. The van der Waals surface area contributed by atoms with Crippen LogP contribution in [0.2, 0.25) is 0 Å². The Balaban J connectivity index is 2.08. The van der Waals surface area contributed by atoms with Crippen LogP contribution >= 0.6 is 0 Å². The van der Waals surface area contributed by atoms with Crippen molar-refractivity contribution in [3.63, 3.8) is 0 Å². The van der Waals surface area contributed by atoms with Crippen molar-refractivity contribution in [2.24, 2.45) is 10.8 Å². The summed E-state index contributed by atoms with van der Waals surface area (Å²) >= 11 is 0. The van der Waals surface area contributed by atoms with Crippen LogP contribution in [0.3, 0.4) is 0 Å². The number of carbonyl (C=O) groups is 2. The molecular formula is C23H24O5. The van der Waals surface area contributed by atoms with Crippen molar-refractivity contribution in [1.82, 2.24) is 0 Å². The van der Waals surface area contributed by atoms with Gasteiger partial charge in [0.15, 0.2) is 5.41 Å². The zero-order chi connectivity index (χ0) is 20.4. The van der Waals surface area contributed by atoms with E-state index in [0.717, 1.165) is 16.9 Å². The third-order valence-corrected chi connectivity index (χ3v) is 5.69. The van der Waals surface area contributed by atoms with Gasteiger partial charge < -0.3 is 14.2 Å². The van der Waals surface area contributed by atoms with Crippen molar-refractivity contribution in [3.8, 4) is 5.75 Å². The summed E-state index contributed by atoms with van der Waals surface area (Å²) in [5.74, 6) is -0.466. The zero-order valence-corrected chi connectivity index (χ0v) is 16.4. The van der Waals surface area contributed by atoms with Gasteiger partial charge in [-0.2, -0.15) is 0 Å². The lowest BCUT2D eigenvalue weighted by atomic mass is 9.78. The number of allylic oxidation sites excluding steroid dienone is 1. The molecular weight excluding hydrogens is 356 g/mol. The second-order valence-electron chi connectivity index (χ2n) is 7.02. The van der Waals surface area contributed by atoms with Crippen LogP contribution < -0.4 is 4.74 Å². The van der Waals surface area contributed by atoms with Crippen molar-refractivity contribution < 1.29 is 23.8 Å². The van der Waals surface area contributed by atoms with Gasteiger partial charge in [0.05, 0.1) is 21.3 Å². The number of carbonyl (C=O) groups excluding carboxylic acids is 2. The van der Waals surface area contributed by atoms with Crippen molar-refractivity contribution in [2.45, 2.75) is 12.8 Å². The van der Waals surface area contributed by atoms with Gasteiger partial charge in [0.2, 0.25) is 0 Å². The van der Waals surface area contributed by atoms with Gasteiger partial charge in [0.1, 0.15) is 5.75 Å². The molecule has 146 valence electrons. The topological polar surface area (TPSA) is 61.8 Å². The number of esters is 2. The van der Waals surface area contributed by atoms with Crippen LogP contribution in [-0.2, 0) is 25.5 Å². The Morgan fingerprint density at radius 3 is 2.00 bits per heavy atom. The number of hydrogen-bond acceptors (Lipinski definition) is 5. The van der Waals surface area contributed by atoms with E-state index in [1.807, 2.05) is 54.6 Å². The SMILES string of the molecule is C=C(c1ccc(OC)cc1)C1(Cc2ccccc2)CC1(C(=O)OC)C(=O)OC. The van der Waals surface area contributed by atoms with Crippen LogP contribution in [-0.4, -0.2) is 33.3 Å². The summed E-state index contributed by atoms with van der Waals surface area (Å²) in [7, 11) is 4.17. The molecule has 5 heteroatoms. The molecule has 1 fully saturated rings. The Labute approximate surface area is 164 Å². The first-order chi connectivity index (χ1) is 13.4. The second kappa shape index (κ2) is 7.50. The summed E-state index contributed by atoms with van der Waals surface area (Å²) in [5.41, 5.74) is 0.333. The Hall–Kier alpha value is -3.08. The summed E-state index contributed by atoms with van der Waals surface area (Å²) in [4.78, 5) is 25.5. The second-order valence-corrected chi connectivity index (χ2v) is 7.02. The molecule has 0 amide bonds. The van der Waals surface area contributed by atoms with Crippen molar-refractivity contribution in [1.29, 1.82) is 0 Å². The minimum Gasteiger partial charge on any atom is -0.497 e. The number of benzene rings is 2. The highest BCUT2D eigenvalue weighted by atomic mass is 16.5. The van der Waals surface area contributed by atoms with Gasteiger partial charge in [-0.1, -0.05) is 49.0 Å². The van der Waals surface area contributed by atoms with E-state index in [0.29, 0.717) is 18.4 Å². The highest BCUT2D eigenvalue weighted by Crippen LogP contribution is 2.72. The molecule has 0 N–H and O–H groups in total. The van der Waals surface area contributed by atoms with Crippen LogP contribution in [0.1, 0.15) is 17.5 Å². The first-order valence-electron chi connectivity index (χ1n) is 9.00. The Bertz CT molecular complexity index is 869. The van der Waals surface area contributed by atoms with Gasteiger partial charge in [0, 0.05) is 5.41 Å². The molecule has 0 heterocycles. The van der Waals surface area contributed by atoms with Crippen LogP contribution in [0.5, 0.6) is 5.75 Å². The Morgan fingerprint density at radius 1 is 0.929 bits per heavy atom. The molecule has 0 aliphatic heterocycles. The molecule has 0 radical (unpaired) electrons. The summed E-state index contributed by atoms with van der Waals surface area (Å²) < 4.78 is 15.3. The van der Waals surface area contributed by atoms with Gasteiger partial charge in [-0.3, -0.25) is 9.59 Å². The average Bonchev–Trinajstić information content (AvgIpc) is 3.43. The summed E-state index contributed by atoms with van der Waals surface area (Å²) in [6.45, 7) is 4.28. The summed E-state index contributed by atoms with van der Waals surface area (Å²) in [5, 5.41) is 0.